The molecular weight excluding hydrogens is 232 g/mol. The van der Waals surface area contributed by atoms with Gasteiger partial charge in [0.25, 0.3) is 0 Å². The lowest BCUT2D eigenvalue weighted by Gasteiger charge is -2.21. The van der Waals surface area contributed by atoms with Crippen molar-refractivity contribution >= 4 is 17.7 Å². The van der Waals surface area contributed by atoms with Crippen molar-refractivity contribution in [3.8, 4) is 0 Å². The van der Waals surface area contributed by atoms with Gasteiger partial charge < -0.3 is 15.3 Å². The van der Waals surface area contributed by atoms with Crippen molar-refractivity contribution in [2.75, 3.05) is 11.9 Å². The molecule has 2 N–H and O–H groups in total. The van der Waals surface area contributed by atoms with Crippen LogP contribution in [0.5, 0.6) is 0 Å². The Morgan fingerprint density at radius 3 is 2.61 bits per heavy atom. The lowest BCUT2D eigenvalue weighted by atomic mass is 10.2. The molecule has 0 aromatic heterocycles. The van der Waals surface area contributed by atoms with Gasteiger partial charge in [0.1, 0.15) is 6.04 Å². The van der Waals surface area contributed by atoms with Gasteiger partial charge in [0.15, 0.2) is 0 Å². The molecule has 0 radical (unpaired) electrons. The molecule has 96 valence electrons. The molecule has 1 aromatic carbocycles. The average molecular weight is 248 g/mol. The smallest absolute Gasteiger partial charge is 0.326 e. The molecule has 5 heteroatoms. The van der Waals surface area contributed by atoms with Gasteiger partial charge in [0.2, 0.25) is 0 Å². The van der Waals surface area contributed by atoms with Crippen LogP contribution in [0, 0.1) is 6.92 Å². The van der Waals surface area contributed by atoms with Gasteiger partial charge >= 0.3 is 12.0 Å². The highest BCUT2D eigenvalue weighted by Crippen LogP contribution is 2.19. The quantitative estimate of drug-likeness (QED) is 0.841. The summed E-state index contributed by atoms with van der Waals surface area (Å²) in [6.45, 7) is 2.46. The topological polar surface area (TPSA) is 69.6 Å². The highest BCUT2D eigenvalue weighted by Gasteiger charge is 2.33. The summed E-state index contributed by atoms with van der Waals surface area (Å²) in [7, 11) is 0. The van der Waals surface area contributed by atoms with Gasteiger partial charge in [0, 0.05) is 12.2 Å². The first-order valence-electron chi connectivity index (χ1n) is 5.95. The third-order valence-electron chi connectivity index (χ3n) is 3.10. The Kier molecular flexibility index (Phi) is 3.50. The van der Waals surface area contributed by atoms with Crippen molar-refractivity contribution in [2.45, 2.75) is 25.8 Å². The molecule has 18 heavy (non-hydrogen) atoms. The van der Waals surface area contributed by atoms with Crippen LogP contribution in [-0.2, 0) is 4.79 Å². The SMILES string of the molecule is Cc1ccc(NC(=O)N2CCCC2C(=O)O)cc1. The number of likely N-dealkylation sites (tertiary alicyclic amines) is 1. The maximum Gasteiger partial charge on any atom is 0.326 e. The number of urea groups is 1. The zero-order chi connectivity index (χ0) is 13.1. The number of amides is 2. The lowest BCUT2D eigenvalue weighted by molar-refractivity contribution is -0.141. The van der Waals surface area contributed by atoms with E-state index in [0.717, 1.165) is 12.0 Å². The van der Waals surface area contributed by atoms with Crippen LogP contribution in [-0.4, -0.2) is 34.6 Å². The number of carbonyl (C=O) groups is 2. The monoisotopic (exact) mass is 248 g/mol. The molecule has 1 aromatic rings. The molecule has 5 nitrogen and oxygen atoms in total. The minimum absolute atomic E-state index is 0.344. The summed E-state index contributed by atoms with van der Waals surface area (Å²) in [5.41, 5.74) is 1.79. The van der Waals surface area contributed by atoms with Gasteiger partial charge in [-0.2, -0.15) is 0 Å². The maximum absolute atomic E-state index is 12.0. The summed E-state index contributed by atoms with van der Waals surface area (Å²) in [4.78, 5) is 24.3. The molecule has 1 unspecified atom stereocenters. The van der Waals surface area contributed by atoms with E-state index in [9.17, 15) is 9.59 Å². The Balaban J connectivity index is 2.03. The van der Waals surface area contributed by atoms with Crippen LogP contribution in [0.4, 0.5) is 10.5 Å². The average Bonchev–Trinajstić information content (AvgIpc) is 2.81. The fourth-order valence-electron chi connectivity index (χ4n) is 2.10. The number of carbonyl (C=O) groups excluding carboxylic acids is 1. The summed E-state index contributed by atoms with van der Waals surface area (Å²) in [6, 6.07) is 6.36. The van der Waals surface area contributed by atoms with E-state index in [4.69, 9.17) is 5.11 Å². The Morgan fingerprint density at radius 1 is 1.33 bits per heavy atom. The van der Waals surface area contributed by atoms with Gasteiger partial charge in [-0.3, -0.25) is 0 Å². The molecule has 1 saturated heterocycles. The fraction of sp³-hybridized carbons (Fsp3) is 0.385. The van der Waals surface area contributed by atoms with Crippen LogP contribution >= 0.6 is 0 Å². The van der Waals surface area contributed by atoms with E-state index >= 15 is 0 Å². The molecular formula is C13H16N2O3. The number of nitrogens with zero attached hydrogens (tertiary/aromatic N) is 1. The first-order chi connectivity index (χ1) is 8.58. The second-order valence-corrected chi connectivity index (χ2v) is 4.49. The zero-order valence-electron chi connectivity index (χ0n) is 10.2. The molecule has 0 spiro atoms. The van der Waals surface area contributed by atoms with Crippen LogP contribution in [0.1, 0.15) is 18.4 Å². The molecule has 1 heterocycles. The predicted octanol–water partition coefficient (Wildman–Crippen LogP) is 2.08. The van der Waals surface area contributed by atoms with Crippen LogP contribution < -0.4 is 5.32 Å². The van der Waals surface area contributed by atoms with E-state index in [1.165, 1.54) is 4.90 Å². The third-order valence-corrected chi connectivity index (χ3v) is 3.10. The number of hydrogen-bond acceptors (Lipinski definition) is 2. The molecule has 0 saturated carbocycles. The number of aryl methyl sites for hydroxylation is 1. The summed E-state index contributed by atoms with van der Waals surface area (Å²) in [6.07, 6.45) is 1.26. The number of nitrogens with one attached hydrogen (secondary N) is 1. The summed E-state index contributed by atoms with van der Waals surface area (Å²) in [5.74, 6) is -0.938. The van der Waals surface area contributed by atoms with Gasteiger partial charge in [0.05, 0.1) is 0 Å². The fourth-order valence-corrected chi connectivity index (χ4v) is 2.10. The van der Waals surface area contributed by atoms with Crippen molar-refractivity contribution in [2.24, 2.45) is 0 Å². The molecule has 2 rings (SSSR count). The molecule has 1 aliphatic rings. The van der Waals surface area contributed by atoms with Crippen molar-refractivity contribution in [1.82, 2.24) is 4.90 Å². The van der Waals surface area contributed by atoms with Gasteiger partial charge in [-0.1, -0.05) is 17.7 Å². The molecule has 2 amide bonds. The lowest BCUT2D eigenvalue weighted by Crippen LogP contribution is -2.42. The van der Waals surface area contributed by atoms with Crippen LogP contribution in [0.2, 0.25) is 0 Å². The van der Waals surface area contributed by atoms with Crippen molar-refractivity contribution in [3.05, 3.63) is 29.8 Å². The summed E-state index contributed by atoms with van der Waals surface area (Å²) >= 11 is 0. The van der Waals surface area contributed by atoms with E-state index in [1.807, 2.05) is 19.1 Å². The number of aliphatic carboxylic acids is 1. The number of hydrogen-bond donors (Lipinski definition) is 2. The molecule has 0 bridgehead atoms. The van der Waals surface area contributed by atoms with Crippen LogP contribution in [0.15, 0.2) is 24.3 Å². The zero-order valence-corrected chi connectivity index (χ0v) is 10.2. The molecule has 1 aliphatic heterocycles. The predicted molar refractivity (Wildman–Crippen MR) is 67.6 cm³/mol. The first-order valence-corrected chi connectivity index (χ1v) is 5.95. The largest absolute Gasteiger partial charge is 0.480 e. The van der Waals surface area contributed by atoms with E-state index in [0.29, 0.717) is 18.7 Å². The van der Waals surface area contributed by atoms with Gasteiger partial charge in [-0.05, 0) is 31.9 Å². The standard InChI is InChI=1S/C13H16N2O3/c1-9-4-6-10(7-5-9)14-13(18)15-8-2-3-11(15)12(16)17/h4-7,11H,2-3,8H2,1H3,(H,14,18)(H,16,17). The number of anilines is 1. The Hall–Kier alpha value is -2.04. The Labute approximate surface area is 105 Å². The van der Waals surface area contributed by atoms with Gasteiger partial charge in [-0.25, -0.2) is 9.59 Å². The summed E-state index contributed by atoms with van der Waals surface area (Å²) < 4.78 is 0. The first kappa shape index (κ1) is 12.4. The minimum atomic E-state index is -0.938. The minimum Gasteiger partial charge on any atom is -0.480 e. The van der Waals surface area contributed by atoms with E-state index in [-0.39, 0.29) is 6.03 Å². The molecule has 0 aliphatic carbocycles. The summed E-state index contributed by atoms with van der Waals surface area (Å²) in [5, 5.41) is 11.7. The normalized spacial score (nSPS) is 18.7. The second kappa shape index (κ2) is 5.08. The number of benzene rings is 1. The van der Waals surface area contributed by atoms with E-state index in [1.54, 1.807) is 12.1 Å². The second-order valence-electron chi connectivity index (χ2n) is 4.49. The van der Waals surface area contributed by atoms with Crippen LogP contribution in [0.25, 0.3) is 0 Å². The van der Waals surface area contributed by atoms with Crippen molar-refractivity contribution in [3.63, 3.8) is 0 Å². The maximum atomic E-state index is 12.0. The highest BCUT2D eigenvalue weighted by molar-refractivity contribution is 5.92. The highest BCUT2D eigenvalue weighted by atomic mass is 16.4. The molecule has 1 fully saturated rings. The number of rotatable bonds is 2. The van der Waals surface area contributed by atoms with Crippen LogP contribution in [0.3, 0.4) is 0 Å². The van der Waals surface area contributed by atoms with E-state index < -0.39 is 12.0 Å². The van der Waals surface area contributed by atoms with Gasteiger partial charge in [-0.15, -0.1) is 0 Å². The van der Waals surface area contributed by atoms with Crippen molar-refractivity contribution in [1.29, 1.82) is 0 Å². The Morgan fingerprint density at radius 2 is 2.00 bits per heavy atom. The van der Waals surface area contributed by atoms with E-state index in [2.05, 4.69) is 5.32 Å². The number of carboxylic acids is 1. The number of carboxylic acid groups (broad SMARTS) is 1. The molecule has 1 atom stereocenters. The third kappa shape index (κ3) is 2.61. The Bertz CT molecular complexity index is 456. The van der Waals surface area contributed by atoms with Crippen molar-refractivity contribution < 1.29 is 14.7 Å².